The van der Waals surface area contributed by atoms with Gasteiger partial charge in [0.1, 0.15) is 0 Å². The van der Waals surface area contributed by atoms with E-state index in [2.05, 4.69) is 14.9 Å². The first-order chi connectivity index (χ1) is 8.96. The fraction of sp³-hybridized carbons (Fsp3) is 0.636. The maximum Gasteiger partial charge on any atom is 0.258 e. The first-order valence-electron chi connectivity index (χ1n) is 6.30. The smallest absolute Gasteiger partial charge is 0.258 e. The SMILES string of the molecule is NC(=S)C1(NS(=O)(=O)c2ccn[nH]2)CCCCCC1. The molecule has 0 aliphatic heterocycles. The van der Waals surface area contributed by atoms with Crippen molar-refractivity contribution in [2.75, 3.05) is 0 Å². The number of nitrogens with zero attached hydrogens (tertiary/aromatic N) is 1. The van der Waals surface area contributed by atoms with Crippen LogP contribution < -0.4 is 10.5 Å². The molecule has 0 unspecified atom stereocenters. The second-order valence-electron chi connectivity index (χ2n) is 4.89. The van der Waals surface area contributed by atoms with Crippen molar-refractivity contribution in [1.82, 2.24) is 14.9 Å². The Morgan fingerprint density at radius 1 is 1.37 bits per heavy atom. The van der Waals surface area contributed by atoms with Crippen molar-refractivity contribution in [2.24, 2.45) is 5.73 Å². The van der Waals surface area contributed by atoms with Gasteiger partial charge >= 0.3 is 0 Å². The molecule has 0 aromatic carbocycles. The zero-order valence-corrected chi connectivity index (χ0v) is 12.2. The van der Waals surface area contributed by atoms with Gasteiger partial charge in [0.2, 0.25) is 0 Å². The molecule has 4 N–H and O–H groups in total. The summed E-state index contributed by atoms with van der Waals surface area (Å²) in [4.78, 5) is 0.220. The highest BCUT2D eigenvalue weighted by Crippen LogP contribution is 2.29. The van der Waals surface area contributed by atoms with Crippen molar-refractivity contribution < 1.29 is 8.42 Å². The second-order valence-corrected chi connectivity index (χ2v) is 6.98. The van der Waals surface area contributed by atoms with Gasteiger partial charge in [-0.1, -0.05) is 37.9 Å². The Morgan fingerprint density at radius 3 is 2.47 bits per heavy atom. The molecule has 1 aliphatic rings. The normalized spacial score (nSPS) is 19.8. The predicted octanol–water partition coefficient (Wildman–Crippen LogP) is 1.07. The minimum atomic E-state index is -3.67. The van der Waals surface area contributed by atoms with Crippen LogP contribution in [0.4, 0.5) is 0 Å². The summed E-state index contributed by atoms with van der Waals surface area (Å²) >= 11 is 5.11. The lowest BCUT2D eigenvalue weighted by Crippen LogP contribution is -2.56. The van der Waals surface area contributed by atoms with Gasteiger partial charge in [0, 0.05) is 0 Å². The van der Waals surface area contributed by atoms with Gasteiger partial charge in [-0.15, -0.1) is 0 Å². The molecule has 2 rings (SSSR count). The minimum Gasteiger partial charge on any atom is -0.392 e. The second kappa shape index (κ2) is 5.56. The molecule has 1 fully saturated rings. The number of aromatic amines is 1. The highest BCUT2D eigenvalue weighted by atomic mass is 32.2. The summed E-state index contributed by atoms with van der Waals surface area (Å²) in [6, 6.07) is 1.41. The number of aromatic nitrogens is 2. The van der Waals surface area contributed by atoms with Gasteiger partial charge in [-0.3, -0.25) is 5.10 Å². The van der Waals surface area contributed by atoms with E-state index in [0.717, 1.165) is 25.7 Å². The Morgan fingerprint density at radius 2 is 2.00 bits per heavy atom. The van der Waals surface area contributed by atoms with E-state index >= 15 is 0 Å². The van der Waals surface area contributed by atoms with Gasteiger partial charge in [0.25, 0.3) is 10.0 Å². The molecule has 0 bridgehead atoms. The van der Waals surface area contributed by atoms with Crippen molar-refractivity contribution in [3.05, 3.63) is 12.3 Å². The third-order valence-electron chi connectivity index (χ3n) is 3.52. The molecule has 106 valence electrons. The van der Waals surface area contributed by atoms with Gasteiger partial charge in [0.05, 0.1) is 16.7 Å². The van der Waals surface area contributed by atoms with Crippen LogP contribution in [0.5, 0.6) is 0 Å². The third-order valence-corrected chi connectivity index (χ3v) is 5.38. The fourth-order valence-electron chi connectivity index (χ4n) is 2.44. The molecule has 1 aromatic heterocycles. The molecule has 0 amide bonds. The molecule has 0 saturated heterocycles. The molecule has 0 radical (unpaired) electrons. The molecule has 8 heteroatoms. The van der Waals surface area contributed by atoms with Crippen LogP contribution >= 0.6 is 12.2 Å². The summed E-state index contributed by atoms with van der Waals surface area (Å²) in [5.74, 6) is 0. The molecular formula is C11H18N4O2S2. The predicted molar refractivity (Wildman–Crippen MR) is 76.1 cm³/mol. The van der Waals surface area contributed by atoms with Gasteiger partial charge < -0.3 is 5.73 Å². The van der Waals surface area contributed by atoms with Crippen molar-refractivity contribution in [1.29, 1.82) is 0 Å². The van der Waals surface area contributed by atoms with E-state index in [9.17, 15) is 8.42 Å². The molecule has 6 nitrogen and oxygen atoms in total. The van der Waals surface area contributed by atoms with Crippen LogP contribution in [0.15, 0.2) is 17.3 Å². The number of H-pyrrole nitrogens is 1. The van der Waals surface area contributed by atoms with Crippen LogP contribution in [0.2, 0.25) is 0 Å². The first-order valence-corrected chi connectivity index (χ1v) is 8.19. The highest BCUT2D eigenvalue weighted by molar-refractivity contribution is 7.89. The summed E-state index contributed by atoms with van der Waals surface area (Å²) < 4.78 is 27.3. The fourth-order valence-corrected chi connectivity index (χ4v) is 4.11. The van der Waals surface area contributed by atoms with Crippen LogP contribution in [0.1, 0.15) is 38.5 Å². The summed E-state index contributed by atoms with van der Waals surface area (Å²) in [5.41, 5.74) is 5.00. The minimum absolute atomic E-state index is 0.0346. The molecule has 1 saturated carbocycles. The van der Waals surface area contributed by atoms with Crippen molar-refractivity contribution >= 4 is 27.2 Å². The number of rotatable bonds is 4. The molecule has 19 heavy (non-hydrogen) atoms. The maximum atomic E-state index is 12.3. The molecule has 1 aromatic rings. The standard InChI is InChI=1S/C11H18N4O2S2/c12-10(18)11(6-3-1-2-4-7-11)15-19(16,17)9-5-8-13-14-9/h5,8,15H,1-4,6-7H2,(H2,12,18)(H,13,14). The molecule has 0 spiro atoms. The average molecular weight is 302 g/mol. The van der Waals surface area contributed by atoms with Crippen molar-refractivity contribution in [3.63, 3.8) is 0 Å². The van der Waals surface area contributed by atoms with Crippen LogP contribution in [0.25, 0.3) is 0 Å². The van der Waals surface area contributed by atoms with E-state index in [4.69, 9.17) is 18.0 Å². The number of sulfonamides is 1. The van der Waals surface area contributed by atoms with Gasteiger partial charge in [-0.25, -0.2) is 8.42 Å². The zero-order chi connectivity index (χ0) is 13.9. The van der Waals surface area contributed by atoms with E-state index in [0.29, 0.717) is 12.8 Å². The van der Waals surface area contributed by atoms with E-state index in [1.165, 1.54) is 12.3 Å². The summed E-state index contributed by atoms with van der Waals surface area (Å²) in [7, 11) is -3.67. The number of nitrogens with two attached hydrogens (primary N) is 1. The number of nitrogens with one attached hydrogen (secondary N) is 2. The summed E-state index contributed by atoms with van der Waals surface area (Å²) in [5, 5.41) is 6.15. The lowest BCUT2D eigenvalue weighted by molar-refractivity contribution is 0.440. The van der Waals surface area contributed by atoms with E-state index in [-0.39, 0.29) is 10.0 Å². The Kier molecular flexibility index (Phi) is 4.22. The lowest BCUT2D eigenvalue weighted by Gasteiger charge is -2.32. The van der Waals surface area contributed by atoms with E-state index < -0.39 is 15.6 Å². The highest BCUT2D eigenvalue weighted by Gasteiger charge is 2.38. The monoisotopic (exact) mass is 302 g/mol. The molecular weight excluding hydrogens is 284 g/mol. The van der Waals surface area contributed by atoms with Crippen molar-refractivity contribution in [3.8, 4) is 0 Å². The van der Waals surface area contributed by atoms with Gasteiger partial charge in [-0.05, 0) is 18.9 Å². The van der Waals surface area contributed by atoms with Crippen LogP contribution in [-0.4, -0.2) is 29.1 Å². The Labute approximate surface area is 118 Å². The summed E-state index contributed by atoms with van der Waals surface area (Å²) in [6.45, 7) is 0. The Hall–Kier alpha value is -0.990. The van der Waals surface area contributed by atoms with Crippen LogP contribution in [0.3, 0.4) is 0 Å². The van der Waals surface area contributed by atoms with Gasteiger partial charge in [0.15, 0.2) is 5.03 Å². The quantitative estimate of drug-likeness (QED) is 0.570. The summed E-state index contributed by atoms with van der Waals surface area (Å²) in [6.07, 6.45) is 6.69. The lowest BCUT2D eigenvalue weighted by atomic mass is 9.91. The zero-order valence-electron chi connectivity index (χ0n) is 10.6. The number of hydrogen-bond donors (Lipinski definition) is 3. The maximum absolute atomic E-state index is 12.3. The Bertz CT molecular complexity index is 531. The van der Waals surface area contributed by atoms with Crippen LogP contribution in [0, 0.1) is 0 Å². The van der Waals surface area contributed by atoms with Crippen LogP contribution in [-0.2, 0) is 10.0 Å². The van der Waals surface area contributed by atoms with Gasteiger partial charge in [-0.2, -0.15) is 9.82 Å². The first kappa shape index (κ1) is 14.4. The largest absolute Gasteiger partial charge is 0.392 e. The van der Waals surface area contributed by atoms with Crippen molar-refractivity contribution in [2.45, 2.75) is 49.1 Å². The number of hydrogen-bond acceptors (Lipinski definition) is 4. The molecule has 1 aliphatic carbocycles. The van der Waals surface area contributed by atoms with E-state index in [1.54, 1.807) is 0 Å². The average Bonchev–Trinajstić information content (AvgIpc) is 2.78. The Balaban J connectivity index is 2.28. The molecule has 1 heterocycles. The third kappa shape index (κ3) is 3.13. The number of thiocarbonyl (C=S) groups is 1. The van der Waals surface area contributed by atoms with E-state index in [1.807, 2.05) is 0 Å². The topological polar surface area (TPSA) is 101 Å². The molecule has 0 atom stereocenters.